The molecule has 0 aliphatic heterocycles. The summed E-state index contributed by atoms with van der Waals surface area (Å²) in [5.41, 5.74) is 3.06. The summed E-state index contributed by atoms with van der Waals surface area (Å²) < 4.78 is 2.11. The average molecular weight is 257 g/mol. The Morgan fingerprint density at radius 3 is 2.74 bits per heavy atom. The molecule has 1 amide bonds. The number of carbonyl (C=O) groups is 1. The molecule has 1 N–H and O–H groups in total. The van der Waals surface area contributed by atoms with Gasteiger partial charge in [0.2, 0.25) is 5.91 Å². The molecule has 1 heterocycles. The molecule has 0 bridgehead atoms. The molecule has 0 aliphatic carbocycles. The minimum Gasteiger partial charge on any atom is -0.347 e. The van der Waals surface area contributed by atoms with Crippen molar-refractivity contribution in [1.82, 2.24) is 14.9 Å². The Hall–Kier alpha value is -2.10. The fourth-order valence-electron chi connectivity index (χ4n) is 2.23. The molecular formula is C15H19N3O. The zero-order chi connectivity index (χ0) is 14.0. The largest absolute Gasteiger partial charge is 0.347 e. The summed E-state index contributed by atoms with van der Waals surface area (Å²) in [5.74, 6) is 0.806. The lowest BCUT2D eigenvalue weighted by Crippen LogP contribution is -2.26. The van der Waals surface area contributed by atoms with Crippen LogP contribution in [-0.4, -0.2) is 15.5 Å². The van der Waals surface area contributed by atoms with E-state index in [9.17, 15) is 4.79 Å². The van der Waals surface area contributed by atoms with E-state index in [4.69, 9.17) is 0 Å². The summed E-state index contributed by atoms with van der Waals surface area (Å²) in [4.78, 5) is 15.8. The summed E-state index contributed by atoms with van der Waals surface area (Å²) in [6, 6.07) is 7.85. The first kappa shape index (κ1) is 13.3. The lowest BCUT2D eigenvalue weighted by molar-refractivity contribution is -0.119. The number of para-hydroxylation sites is 2. The second kappa shape index (κ2) is 5.26. The van der Waals surface area contributed by atoms with E-state index in [1.165, 1.54) is 6.92 Å². The van der Waals surface area contributed by atoms with Crippen LogP contribution in [0.1, 0.15) is 32.6 Å². The summed E-state index contributed by atoms with van der Waals surface area (Å²) in [7, 11) is 0. The van der Waals surface area contributed by atoms with Crippen molar-refractivity contribution in [2.75, 3.05) is 0 Å². The van der Waals surface area contributed by atoms with Gasteiger partial charge in [0.1, 0.15) is 5.82 Å². The van der Waals surface area contributed by atoms with E-state index in [1.807, 2.05) is 38.1 Å². The van der Waals surface area contributed by atoms with E-state index in [1.54, 1.807) is 0 Å². The predicted molar refractivity (Wildman–Crippen MR) is 76.8 cm³/mol. The number of hydrogen-bond donors (Lipinski definition) is 1. The van der Waals surface area contributed by atoms with Gasteiger partial charge in [0.15, 0.2) is 0 Å². The predicted octanol–water partition coefficient (Wildman–Crippen LogP) is 2.81. The van der Waals surface area contributed by atoms with Gasteiger partial charge in [-0.3, -0.25) is 4.79 Å². The van der Waals surface area contributed by atoms with E-state index in [0.29, 0.717) is 6.54 Å². The zero-order valence-corrected chi connectivity index (χ0v) is 11.6. The first-order chi connectivity index (χ1) is 8.99. The lowest BCUT2D eigenvalue weighted by atomic mass is 10.2. The molecule has 1 unspecified atom stereocenters. The number of imidazole rings is 1. The van der Waals surface area contributed by atoms with Crippen LogP contribution < -0.4 is 5.32 Å². The van der Waals surface area contributed by atoms with Gasteiger partial charge in [-0.1, -0.05) is 24.3 Å². The number of benzene rings is 1. The zero-order valence-electron chi connectivity index (χ0n) is 11.6. The molecule has 4 nitrogen and oxygen atoms in total. The molecule has 0 aliphatic rings. The molecule has 100 valence electrons. The Morgan fingerprint density at radius 1 is 1.42 bits per heavy atom. The molecule has 2 rings (SSSR count). The maximum Gasteiger partial charge on any atom is 0.217 e. The van der Waals surface area contributed by atoms with Gasteiger partial charge in [-0.25, -0.2) is 4.98 Å². The van der Waals surface area contributed by atoms with Crippen LogP contribution in [0.2, 0.25) is 0 Å². The van der Waals surface area contributed by atoms with Crippen LogP contribution in [0.4, 0.5) is 0 Å². The summed E-state index contributed by atoms with van der Waals surface area (Å²) in [5, 5.41) is 2.88. The van der Waals surface area contributed by atoms with Crippen LogP contribution in [-0.2, 0) is 11.3 Å². The van der Waals surface area contributed by atoms with Crippen LogP contribution in [0.25, 0.3) is 11.0 Å². The molecule has 0 spiro atoms. The van der Waals surface area contributed by atoms with Gasteiger partial charge in [-0.15, -0.1) is 0 Å². The van der Waals surface area contributed by atoms with Crippen molar-refractivity contribution in [2.45, 2.75) is 33.4 Å². The fraction of sp³-hybridized carbons (Fsp3) is 0.333. The Bertz CT molecular complexity index is 627. The van der Waals surface area contributed by atoms with Crippen molar-refractivity contribution >= 4 is 16.9 Å². The molecule has 0 radical (unpaired) electrons. The first-order valence-electron chi connectivity index (χ1n) is 6.35. The Morgan fingerprint density at radius 2 is 2.11 bits per heavy atom. The van der Waals surface area contributed by atoms with Crippen molar-refractivity contribution in [1.29, 1.82) is 0 Å². The third kappa shape index (κ3) is 2.84. The van der Waals surface area contributed by atoms with E-state index in [0.717, 1.165) is 22.4 Å². The highest BCUT2D eigenvalue weighted by molar-refractivity contribution is 5.77. The number of nitrogens with one attached hydrogen (secondary N) is 1. The quantitative estimate of drug-likeness (QED) is 0.856. The molecule has 0 saturated heterocycles. The maximum absolute atomic E-state index is 11.2. The van der Waals surface area contributed by atoms with Gasteiger partial charge in [0.05, 0.1) is 17.1 Å². The van der Waals surface area contributed by atoms with Crippen LogP contribution in [0.3, 0.4) is 0 Å². The van der Waals surface area contributed by atoms with E-state index >= 15 is 0 Å². The Kier molecular flexibility index (Phi) is 3.69. The molecular weight excluding hydrogens is 238 g/mol. The van der Waals surface area contributed by atoms with Crippen LogP contribution in [0.15, 0.2) is 36.4 Å². The maximum atomic E-state index is 11.2. The fourth-order valence-corrected chi connectivity index (χ4v) is 2.23. The normalized spacial score (nSPS) is 12.4. The smallest absolute Gasteiger partial charge is 0.217 e. The highest BCUT2D eigenvalue weighted by Crippen LogP contribution is 2.21. The summed E-state index contributed by atoms with van der Waals surface area (Å²) in [6.45, 7) is 10.1. The average Bonchev–Trinajstić information content (AvgIpc) is 2.67. The van der Waals surface area contributed by atoms with Crippen LogP contribution in [0, 0.1) is 0 Å². The highest BCUT2D eigenvalue weighted by Gasteiger charge is 2.16. The van der Waals surface area contributed by atoms with Gasteiger partial charge < -0.3 is 9.88 Å². The highest BCUT2D eigenvalue weighted by atomic mass is 16.1. The number of hydrogen-bond acceptors (Lipinski definition) is 2. The van der Waals surface area contributed by atoms with Crippen molar-refractivity contribution in [3.05, 3.63) is 42.2 Å². The number of fused-ring (bicyclic) bond motifs is 1. The molecule has 1 aromatic heterocycles. The molecule has 2 aromatic rings. The van der Waals surface area contributed by atoms with Gasteiger partial charge in [0.25, 0.3) is 0 Å². The topological polar surface area (TPSA) is 46.9 Å². The molecule has 0 fully saturated rings. The second-order valence-corrected chi connectivity index (χ2v) is 4.92. The van der Waals surface area contributed by atoms with Gasteiger partial charge in [0, 0.05) is 13.5 Å². The third-order valence-corrected chi connectivity index (χ3v) is 2.92. The Balaban J connectivity index is 2.51. The van der Waals surface area contributed by atoms with Crippen molar-refractivity contribution in [2.24, 2.45) is 0 Å². The lowest BCUT2D eigenvalue weighted by Gasteiger charge is -2.15. The monoisotopic (exact) mass is 257 g/mol. The minimum absolute atomic E-state index is 0.0542. The van der Waals surface area contributed by atoms with E-state index in [-0.39, 0.29) is 11.9 Å². The van der Waals surface area contributed by atoms with Crippen molar-refractivity contribution in [3.63, 3.8) is 0 Å². The number of amides is 1. The number of rotatable bonds is 4. The SMILES string of the molecule is C=C(C)Cn1c(C(C)NC(C)=O)nc2ccccc21. The number of nitrogens with zero attached hydrogens (tertiary/aromatic N) is 2. The number of aromatic nitrogens is 2. The summed E-state index contributed by atoms with van der Waals surface area (Å²) >= 11 is 0. The number of carbonyl (C=O) groups excluding carboxylic acids is 1. The standard InChI is InChI=1S/C15H19N3O/c1-10(2)9-18-14-8-6-5-7-13(14)17-15(18)11(3)16-12(4)19/h5-8,11H,1,9H2,2-4H3,(H,16,19). The summed E-state index contributed by atoms with van der Waals surface area (Å²) in [6.07, 6.45) is 0. The van der Waals surface area contributed by atoms with Crippen molar-refractivity contribution < 1.29 is 4.79 Å². The molecule has 1 aromatic carbocycles. The second-order valence-electron chi connectivity index (χ2n) is 4.92. The van der Waals surface area contributed by atoms with Crippen LogP contribution in [0.5, 0.6) is 0 Å². The molecule has 1 atom stereocenters. The number of allylic oxidation sites excluding steroid dienone is 1. The molecule has 4 heteroatoms. The molecule has 0 saturated carbocycles. The van der Waals surface area contributed by atoms with E-state index in [2.05, 4.69) is 21.4 Å². The van der Waals surface area contributed by atoms with Gasteiger partial charge >= 0.3 is 0 Å². The van der Waals surface area contributed by atoms with Crippen LogP contribution >= 0.6 is 0 Å². The van der Waals surface area contributed by atoms with Crippen molar-refractivity contribution in [3.8, 4) is 0 Å². The van der Waals surface area contributed by atoms with Gasteiger partial charge in [-0.2, -0.15) is 0 Å². The Labute approximate surface area is 113 Å². The molecule has 19 heavy (non-hydrogen) atoms. The first-order valence-corrected chi connectivity index (χ1v) is 6.35. The van der Waals surface area contributed by atoms with E-state index < -0.39 is 0 Å². The third-order valence-electron chi connectivity index (χ3n) is 2.92. The van der Waals surface area contributed by atoms with Gasteiger partial charge in [-0.05, 0) is 26.0 Å². The minimum atomic E-state index is -0.121.